The van der Waals surface area contributed by atoms with Crippen molar-refractivity contribution in [1.29, 1.82) is 0 Å². The van der Waals surface area contributed by atoms with E-state index >= 15 is 0 Å². The summed E-state index contributed by atoms with van der Waals surface area (Å²) >= 11 is 1.73. The van der Waals surface area contributed by atoms with Crippen molar-refractivity contribution in [3.8, 4) is 0 Å². The van der Waals surface area contributed by atoms with Gasteiger partial charge in [0.1, 0.15) is 4.83 Å². The van der Waals surface area contributed by atoms with Crippen LogP contribution in [-0.2, 0) is 0 Å². The van der Waals surface area contributed by atoms with Crippen molar-refractivity contribution in [2.45, 2.75) is 19.3 Å². The molecule has 0 N–H and O–H groups in total. The standard InChI is InChI=1S/C14H15N3S/c1-2-7-16(8-3-1)13-11-5-4-9-17(11)12-6-10-18-14(12)15-13/h4-6,9-10H,1-3,7-8H2. The van der Waals surface area contributed by atoms with Gasteiger partial charge in [-0.15, -0.1) is 11.3 Å². The molecule has 4 heteroatoms. The van der Waals surface area contributed by atoms with E-state index in [4.69, 9.17) is 4.98 Å². The zero-order valence-corrected chi connectivity index (χ0v) is 11.0. The minimum Gasteiger partial charge on any atom is -0.355 e. The first kappa shape index (κ1) is 10.4. The van der Waals surface area contributed by atoms with Gasteiger partial charge in [-0.05, 0) is 42.8 Å². The van der Waals surface area contributed by atoms with E-state index in [0.717, 1.165) is 23.7 Å². The number of piperidine rings is 1. The fourth-order valence-corrected chi connectivity index (χ4v) is 3.58. The number of aromatic nitrogens is 2. The third-order valence-electron chi connectivity index (χ3n) is 3.73. The van der Waals surface area contributed by atoms with Crippen LogP contribution >= 0.6 is 11.3 Å². The molecule has 1 fully saturated rings. The Labute approximate surface area is 110 Å². The van der Waals surface area contributed by atoms with E-state index in [9.17, 15) is 0 Å². The monoisotopic (exact) mass is 257 g/mol. The molecule has 3 nitrogen and oxygen atoms in total. The number of hydrogen-bond donors (Lipinski definition) is 0. The van der Waals surface area contributed by atoms with Crippen molar-refractivity contribution in [2.75, 3.05) is 18.0 Å². The van der Waals surface area contributed by atoms with Gasteiger partial charge in [0.15, 0.2) is 5.82 Å². The Hall–Kier alpha value is -1.55. The molecule has 0 aliphatic carbocycles. The molecule has 0 spiro atoms. The van der Waals surface area contributed by atoms with Gasteiger partial charge in [-0.25, -0.2) is 4.98 Å². The Bertz CT molecular complexity index is 691. The van der Waals surface area contributed by atoms with E-state index in [0.29, 0.717) is 0 Å². The summed E-state index contributed by atoms with van der Waals surface area (Å²) in [5.41, 5.74) is 2.46. The van der Waals surface area contributed by atoms with Crippen LogP contribution in [0.25, 0.3) is 15.9 Å². The second-order valence-corrected chi connectivity index (χ2v) is 5.75. The van der Waals surface area contributed by atoms with E-state index in [-0.39, 0.29) is 0 Å². The molecular formula is C14H15N3S. The van der Waals surface area contributed by atoms with Crippen molar-refractivity contribution in [3.63, 3.8) is 0 Å². The Morgan fingerprint density at radius 3 is 2.83 bits per heavy atom. The van der Waals surface area contributed by atoms with E-state index in [1.54, 1.807) is 11.3 Å². The lowest BCUT2D eigenvalue weighted by molar-refractivity contribution is 0.575. The Balaban J connectivity index is 1.97. The average Bonchev–Trinajstić information content (AvgIpc) is 3.06. The van der Waals surface area contributed by atoms with Crippen LogP contribution in [0, 0.1) is 0 Å². The summed E-state index contributed by atoms with van der Waals surface area (Å²) in [6.45, 7) is 2.29. The molecule has 1 saturated heterocycles. The second-order valence-electron chi connectivity index (χ2n) is 4.86. The van der Waals surface area contributed by atoms with Crippen molar-refractivity contribution >= 4 is 33.0 Å². The second kappa shape index (κ2) is 3.99. The number of hydrogen-bond acceptors (Lipinski definition) is 3. The zero-order valence-electron chi connectivity index (χ0n) is 10.2. The molecule has 92 valence electrons. The third kappa shape index (κ3) is 1.45. The van der Waals surface area contributed by atoms with E-state index in [1.165, 1.54) is 30.3 Å². The van der Waals surface area contributed by atoms with E-state index in [2.05, 4.69) is 39.1 Å². The number of anilines is 1. The van der Waals surface area contributed by atoms with Gasteiger partial charge < -0.3 is 9.30 Å². The predicted molar refractivity (Wildman–Crippen MR) is 76.6 cm³/mol. The van der Waals surface area contributed by atoms with E-state index in [1.807, 2.05) is 0 Å². The summed E-state index contributed by atoms with van der Waals surface area (Å²) < 4.78 is 2.27. The van der Waals surface area contributed by atoms with E-state index < -0.39 is 0 Å². The van der Waals surface area contributed by atoms with Crippen LogP contribution in [0.1, 0.15) is 19.3 Å². The molecule has 0 saturated carbocycles. The van der Waals surface area contributed by atoms with Gasteiger partial charge in [0.05, 0.1) is 11.0 Å². The minimum absolute atomic E-state index is 1.14. The molecule has 18 heavy (non-hydrogen) atoms. The highest BCUT2D eigenvalue weighted by Crippen LogP contribution is 2.29. The number of thiophene rings is 1. The minimum atomic E-state index is 1.14. The highest BCUT2D eigenvalue weighted by molar-refractivity contribution is 7.16. The maximum atomic E-state index is 4.88. The van der Waals surface area contributed by atoms with Gasteiger partial charge in [-0.3, -0.25) is 0 Å². The maximum Gasteiger partial charge on any atom is 0.154 e. The summed E-state index contributed by atoms with van der Waals surface area (Å²) in [6, 6.07) is 6.44. The van der Waals surface area contributed by atoms with Gasteiger partial charge in [0.2, 0.25) is 0 Å². The first-order valence-electron chi connectivity index (χ1n) is 6.53. The lowest BCUT2D eigenvalue weighted by Crippen LogP contribution is -2.30. The first-order valence-corrected chi connectivity index (χ1v) is 7.41. The molecule has 0 atom stereocenters. The van der Waals surface area contributed by atoms with Crippen molar-refractivity contribution in [2.24, 2.45) is 0 Å². The van der Waals surface area contributed by atoms with Gasteiger partial charge >= 0.3 is 0 Å². The maximum absolute atomic E-state index is 4.88. The highest BCUT2D eigenvalue weighted by Gasteiger charge is 2.17. The molecule has 0 bridgehead atoms. The van der Waals surface area contributed by atoms with Crippen molar-refractivity contribution in [3.05, 3.63) is 29.8 Å². The SMILES string of the molecule is c1cc2c(N3CCCCC3)nc3sccc3n2c1. The lowest BCUT2D eigenvalue weighted by Gasteiger charge is -2.28. The van der Waals surface area contributed by atoms with Crippen LogP contribution in [0.15, 0.2) is 29.8 Å². The zero-order chi connectivity index (χ0) is 11.9. The van der Waals surface area contributed by atoms with Crippen LogP contribution < -0.4 is 4.90 Å². The van der Waals surface area contributed by atoms with Crippen LogP contribution in [0.3, 0.4) is 0 Å². The van der Waals surface area contributed by atoms with Gasteiger partial charge in [0.25, 0.3) is 0 Å². The summed E-state index contributed by atoms with van der Waals surface area (Å²) in [5.74, 6) is 1.16. The molecule has 4 heterocycles. The van der Waals surface area contributed by atoms with Crippen LogP contribution in [0.4, 0.5) is 5.82 Å². The van der Waals surface area contributed by atoms with Crippen LogP contribution in [0.5, 0.6) is 0 Å². The summed E-state index contributed by atoms with van der Waals surface area (Å²) in [7, 11) is 0. The van der Waals surface area contributed by atoms with Crippen LogP contribution in [-0.4, -0.2) is 22.5 Å². The molecule has 0 amide bonds. The Morgan fingerprint density at radius 1 is 1.06 bits per heavy atom. The largest absolute Gasteiger partial charge is 0.355 e. The van der Waals surface area contributed by atoms with Gasteiger partial charge in [-0.2, -0.15) is 0 Å². The predicted octanol–water partition coefficient (Wildman–Crippen LogP) is 3.54. The van der Waals surface area contributed by atoms with Gasteiger partial charge in [0, 0.05) is 19.3 Å². The van der Waals surface area contributed by atoms with Crippen molar-refractivity contribution < 1.29 is 0 Å². The molecule has 1 aliphatic heterocycles. The topological polar surface area (TPSA) is 20.5 Å². The molecular weight excluding hydrogens is 242 g/mol. The Morgan fingerprint density at radius 2 is 1.94 bits per heavy atom. The lowest BCUT2D eigenvalue weighted by atomic mass is 10.1. The number of nitrogens with zero attached hydrogens (tertiary/aromatic N) is 3. The molecule has 4 rings (SSSR count). The summed E-state index contributed by atoms with van der Waals surface area (Å²) in [4.78, 5) is 8.46. The molecule has 0 radical (unpaired) electrons. The van der Waals surface area contributed by atoms with Gasteiger partial charge in [-0.1, -0.05) is 0 Å². The quantitative estimate of drug-likeness (QED) is 0.664. The molecule has 0 unspecified atom stereocenters. The molecule has 1 aliphatic rings. The highest BCUT2D eigenvalue weighted by atomic mass is 32.1. The normalized spacial score (nSPS) is 16.8. The molecule has 3 aromatic rings. The van der Waals surface area contributed by atoms with Crippen LogP contribution in [0.2, 0.25) is 0 Å². The summed E-state index contributed by atoms with van der Waals surface area (Å²) in [5, 5.41) is 2.12. The number of rotatable bonds is 1. The fourth-order valence-electron chi connectivity index (χ4n) is 2.83. The average molecular weight is 257 g/mol. The summed E-state index contributed by atoms with van der Waals surface area (Å²) in [6.07, 6.45) is 6.07. The van der Waals surface area contributed by atoms with Crippen molar-refractivity contribution in [1.82, 2.24) is 9.38 Å². The third-order valence-corrected chi connectivity index (χ3v) is 4.52. The molecule has 3 aromatic heterocycles. The fraction of sp³-hybridized carbons (Fsp3) is 0.357. The smallest absolute Gasteiger partial charge is 0.154 e. The molecule has 0 aromatic carbocycles. The number of fused-ring (bicyclic) bond motifs is 3. The first-order chi connectivity index (χ1) is 8.93. The Kier molecular flexibility index (Phi) is 2.30.